The van der Waals surface area contributed by atoms with Gasteiger partial charge in [-0.25, -0.2) is 4.39 Å². The van der Waals surface area contributed by atoms with Crippen molar-refractivity contribution in [2.75, 3.05) is 14.2 Å². The summed E-state index contributed by atoms with van der Waals surface area (Å²) in [5.74, 6) is 0.340. The first kappa shape index (κ1) is 15.8. The predicted molar refractivity (Wildman–Crippen MR) is 84.8 cm³/mol. The van der Waals surface area contributed by atoms with Crippen molar-refractivity contribution in [3.8, 4) is 5.75 Å². The minimum absolute atomic E-state index is 0.122. The highest BCUT2D eigenvalue weighted by molar-refractivity contribution is 6.30. The maximum absolute atomic E-state index is 14.4. The Kier molecular flexibility index (Phi) is 4.86. The van der Waals surface area contributed by atoms with Crippen LogP contribution >= 0.6 is 11.6 Å². The van der Waals surface area contributed by atoms with Gasteiger partial charge >= 0.3 is 0 Å². The molecule has 0 saturated heterocycles. The zero-order chi connectivity index (χ0) is 15.6. The molecule has 0 radical (unpaired) electrons. The van der Waals surface area contributed by atoms with E-state index in [1.54, 1.807) is 32.4 Å². The monoisotopic (exact) mass is 307 g/mol. The van der Waals surface area contributed by atoms with E-state index in [-0.39, 0.29) is 11.1 Å². The molecule has 1 atom stereocenters. The molecule has 112 valence electrons. The van der Waals surface area contributed by atoms with E-state index in [9.17, 15) is 4.39 Å². The smallest absolute Gasteiger partial charge is 0.146 e. The average Bonchev–Trinajstić information content (AvgIpc) is 2.45. The molecule has 21 heavy (non-hydrogen) atoms. The quantitative estimate of drug-likeness (QED) is 0.903. The largest absolute Gasteiger partial charge is 0.496 e. The molecule has 0 bridgehead atoms. The molecule has 0 saturated carbocycles. The fourth-order valence-corrected chi connectivity index (χ4v) is 2.86. The predicted octanol–water partition coefficient (Wildman–Crippen LogP) is 4.41. The molecule has 1 N–H and O–H groups in total. The number of halogens is 2. The van der Waals surface area contributed by atoms with E-state index in [1.807, 2.05) is 19.9 Å². The summed E-state index contributed by atoms with van der Waals surface area (Å²) in [4.78, 5) is 0. The van der Waals surface area contributed by atoms with Crippen molar-refractivity contribution in [1.82, 2.24) is 5.32 Å². The fourth-order valence-electron chi connectivity index (χ4n) is 2.68. The molecule has 2 rings (SSSR count). The number of methoxy groups -OCH3 is 1. The number of ether oxygens (including phenoxy) is 1. The van der Waals surface area contributed by atoms with Gasteiger partial charge in [-0.3, -0.25) is 0 Å². The van der Waals surface area contributed by atoms with Crippen molar-refractivity contribution in [3.05, 3.63) is 63.4 Å². The number of hydrogen-bond acceptors (Lipinski definition) is 2. The molecule has 0 amide bonds. The van der Waals surface area contributed by atoms with Crippen LogP contribution in [-0.4, -0.2) is 14.2 Å². The van der Waals surface area contributed by atoms with Gasteiger partial charge in [0.05, 0.1) is 18.2 Å². The first-order valence-corrected chi connectivity index (χ1v) is 7.13. The van der Waals surface area contributed by atoms with Crippen LogP contribution in [0.2, 0.25) is 5.02 Å². The number of rotatable bonds is 4. The van der Waals surface area contributed by atoms with Crippen LogP contribution in [0.1, 0.15) is 28.3 Å². The SMILES string of the molecule is CNC(c1cccc(Cl)c1F)c1c(C)cc(C)cc1OC. The zero-order valence-corrected chi connectivity index (χ0v) is 13.4. The highest BCUT2D eigenvalue weighted by atomic mass is 35.5. The zero-order valence-electron chi connectivity index (χ0n) is 12.6. The molecule has 0 aliphatic heterocycles. The standard InChI is InChI=1S/C17H19ClFNO/c1-10-8-11(2)15(14(9-10)21-4)17(20-3)12-6-5-7-13(18)16(12)19/h5-9,17,20H,1-4H3. The van der Waals surface area contributed by atoms with Gasteiger partial charge in [0.2, 0.25) is 0 Å². The van der Waals surface area contributed by atoms with Crippen molar-refractivity contribution in [3.63, 3.8) is 0 Å². The summed E-state index contributed by atoms with van der Waals surface area (Å²) in [6.45, 7) is 4.01. The highest BCUT2D eigenvalue weighted by Gasteiger charge is 2.23. The first-order chi connectivity index (χ1) is 9.99. The Morgan fingerprint density at radius 3 is 2.57 bits per heavy atom. The van der Waals surface area contributed by atoms with E-state index >= 15 is 0 Å². The lowest BCUT2D eigenvalue weighted by Gasteiger charge is -2.23. The van der Waals surface area contributed by atoms with E-state index in [0.717, 1.165) is 22.4 Å². The number of aryl methyl sites for hydroxylation is 2. The lowest BCUT2D eigenvalue weighted by molar-refractivity contribution is 0.403. The topological polar surface area (TPSA) is 21.3 Å². The van der Waals surface area contributed by atoms with E-state index in [1.165, 1.54) is 0 Å². The molecule has 1 unspecified atom stereocenters. The number of nitrogens with one attached hydrogen (secondary N) is 1. The Bertz CT molecular complexity index is 657. The molecule has 0 fully saturated rings. The van der Waals surface area contributed by atoms with Crippen molar-refractivity contribution in [2.24, 2.45) is 0 Å². The summed E-state index contributed by atoms with van der Waals surface area (Å²) in [7, 11) is 3.42. The van der Waals surface area contributed by atoms with Gasteiger partial charge in [0.15, 0.2) is 0 Å². The summed E-state index contributed by atoms with van der Waals surface area (Å²) in [6, 6.07) is 8.73. The van der Waals surface area contributed by atoms with Crippen LogP contribution in [0.4, 0.5) is 4.39 Å². The van der Waals surface area contributed by atoms with Crippen LogP contribution in [0.15, 0.2) is 30.3 Å². The Hall–Kier alpha value is -1.58. The van der Waals surface area contributed by atoms with Gasteiger partial charge in [0.25, 0.3) is 0 Å². The van der Waals surface area contributed by atoms with Gasteiger partial charge < -0.3 is 10.1 Å². The second-order valence-corrected chi connectivity index (χ2v) is 5.47. The highest BCUT2D eigenvalue weighted by Crippen LogP contribution is 2.35. The average molecular weight is 308 g/mol. The van der Waals surface area contributed by atoms with Crippen molar-refractivity contribution in [2.45, 2.75) is 19.9 Å². The third-order valence-corrected chi connectivity index (χ3v) is 3.87. The van der Waals surface area contributed by atoms with Crippen LogP contribution in [0.5, 0.6) is 5.75 Å². The maximum atomic E-state index is 14.4. The summed E-state index contributed by atoms with van der Waals surface area (Å²) in [5, 5.41) is 3.28. The van der Waals surface area contributed by atoms with Gasteiger partial charge in [-0.1, -0.05) is 29.8 Å². The van der Waals surface area contributed by atoms with Crippen LogP contribution in [0.3, 0.4) is 0 Å². The van der Waals surface area contributed by atoms with Crippen molar-refractivity contribution in [1.29, 1.82) is 0 Å². The molecule has 2 nitrogen and oxygen atoms in total. The second-order valence-electron chi connectivity index (χ2n) is 5.06. The molecular formula is C17H19ClFNO. The van der Waals surface area contributed by atoms with Gasteiger partial charge in [-0.05, 0) is 44.2 Å². The number of benzene rings is 2. The lowest BCUT2D eigenvalue weighted by Crippen LogP contribution is -2.21. The van der Waals surface area contributed by atoms with Crippen LogP contribution in [0, 0.1) is 19.7 Å². The Morgan fingerprint density at radius 2 is 1.95 bits per heavy atom. The normalized spacial score (nSPS) is 12.3. The summed E-state index contributed by atoms with van der Waals surface area (Å²) < 4.78 is 19.8. The van der Waals surface area contributed by atoms with E-state index in [0.29, 0.717) is 5.56 Å². The molecule has 2 aromatic rings. The Balaban J connectivity index is 2.64. The Morgan fingerprint density at radius 1 is 1.24 bits per heavy atom. The summed E-state index contributed by atoms with van der Waals surface area (Å²) in [6.07, 6.45) is 0. The number of hydrogen-bond donors (Lipinski definition) is 1. The van der Waals surface area contributed by atoms with Gasteiger partial charge in [0.1, 0.15) is 11.6 Å². The second kappa shape index (κ2) is 6.46. The molecule has 4 heteroatoms. The molecule has 0 aromatic heterocycles. The van der Waals surface area contributed by atoms with E-state index in [4.69, 9.17) is 16.3 Å². The maximum Gasteiger partial charge on any atom is 0.146 e. The van der Waals surface area contributed by atoms with Gasteiger partial charge in [-0.2, -0.15) is 0 Å². The third-order valence-electron chi connectivity index (χ3n) is 3.58. The Labute approximate surface area is 129 Å². The lowest BCUT2D eigenvalue weighted by atomic mass is 9.92. The van der Waals surface area contributed by atoms with Crippen LogP contribution in [0.25, 0.3) is 0 Å². The van der Waals surface area contributed by atoms with Crippen molar-refractivity contribution >= 4 is 11.6 Å². The minimum Gasteiger partial charge on any atom is -0.496 e. The molecule has 0 spiro atoms. The minimum atomic E-state index is -0.402. The summed E-state index contributed by atoms with van der Waals surface area (Å²) >= 11 is 5.91. The molecular weight excluding hydrogens is 289 g/mol. The van der Waals surface area contributed by atoms with Gasteiger partial charge in [0, 0.05) is 11.1 Å². The van der Waals surface area contributed by atoms with Gasteiger partial charge in [-0.15, -0.1) is 0 Å². The van der Waals surface area contributed by atoms with E-state index in [2.05, 4.69) is 11.4 Å². The molecule has 0 heterocycles. The summed E-state index contributed by atoms with van der Waals surface area (Å²) in [5.41, 5.74) is 3.59. The molecule has 2 aromatic carbocycles. The molecule has 0 aliphatic carbocycles. The third kappa shape index (κ3) is 3.04. The van der Waals surface area contributed by atoms with Crippen molar-refractivity contribution < 1.29 is 9.13 Å². The van der Waals surface area contributed by atoms with Crippen LogP contribution < -0.4 is 10.1 Å². The van der Waals surface area contributed by atoms with Crippen LogP contribution in [-0.2, 0) is 0 Å². The molecule has 0 aliphatic rings. The fraction of sp³-hybridized carbons (Fsp3) is 0.294. The van der Waals surface area contributed by atoms with E-state index < -0.39 is 5.82 Å². The first-order valence-electron chi connectivity index (χ1n) is 6.76.